The van der Waals surface area contributed by atoms with Gasteiger partial charge in [0, 0.05) is 49.7 Å². The smallest absolute Gasteiger partial charge is 0.273 e. The van der Waals surface area contributed by atoms with Crippen molar-refractivity contribution in [3.05, 3.63) is 36.2 Å². The molecule has 2 heterocycles. The average Bonchev–Trinajstić information content (AvgIpc) is 3.44. The molecule has 2 aromatic rings. The number of sulfonamides is 1. The van der Waals surface area contributed by atoms with Crippen molar-refractivity contribution in [3.8, 4) is 0 Å². The van der Waals surface area contributed by atoms with Crippen molar-refractivity contribution in [3.63, 3.8) is 0 Å². The molecule has 7 nitrogen and oxygen atoms in total. The second-order valence-electron chi connectivity index (χ2n) is 7.09. The highest BCUT2D eigenvalue weighted by Gasteiger charge is 2.29. The predicted octanol–water partition coefficient (Wildman–Crippen LogP) is 1.05. The van der Waals surface area contributed by atoms with E-state index in [2.05, 4.69) is 9.88 Å². The van der Waals surface area contributed by atoms with E-state index in [1.54, 1.807) is 23.1 Å². The molecule has 1 aromatic heterocycles. The fourth-order valence-electron chi connectivity index (χ4n) is 3.55. The van der Waals surface area contributed by atoms with Crippen molar-refractivity contribution >= 4 is 26.7 Å². The van der Waals surface area contributed by atoms with Crippen molar-refractivity contribution in [1.82, 2.24) is 14.8 Å². The summed E-state index contributed by atoms with van der Waals surface area (Å²) in [6.45, 7) is 4.20. The third kappa shape index (κ3) is 3.44. The maximum Gasteiger partial charge on any atom is 0.273 e. The Balaban J connectivity index is 1.59. The number of aromatic nitrogens is 1. The first-order valence-corrected chi connectivity index (χ1v) is 10.4. The van der Waals surface area contributed by atoms with E-state index in [1.165, 1.54) is 25.1 Å². The minimum absolute atomic E-state index is 0.0145. The minimum atomic E-state index is -3.87. The predicted molar refractivity (Wildman–Crippen MR) is 98.2 cm³/mol. The molecule has 0 bridgehead atoms. The van der Waals surface area contributed by atoms with Crippen molar-refractivity contribution in [2.24, 2.45) is 11.1 Å². The number of primary sulfonamides is 1. The van der Waals surface area contributed by atoms with Gasteiger partial charge in [-0.25, -0.2) is 13.6 Å². The number of amides is 1. The van der Waals surface area contributed by atoms with Gasteiger partial charge >= 0.3 is 0 Å². The number of pyridine rings is 1. The Morgan fingerprint density at radius 1 is 1.12 bits per heavy atom. The van der Waals surface area contributed by atoms with E-state index in [0.29, 0.717) is 23.9 Å². The van der Waals surface area contributed by atoms with Crippen LogP contribution in [0.15, 0.2) is 35.4 Å². The van der Waals surface area contributed by atoms with Crippen molar-refractivity contribution < 1.29 is 13.2 Å². The van der Waals surface area contributed by atoms with Crippen LogP contribution in [0.2, 0.25) is 0 Å². The molecule has 0 unspecified atom stereocenters. The largest absolute Gasteiger partial charge is 0.335 e. The molecule has 0 atom stereocenters. The lowest BCUT2D eigenvalue weighted by atomic mass is 10.1. The Kier molecular flexibility index (Phi) is 4.42. The van der Waals surface area contributed by atoms with Crippen LogP contribution >= 0.6 is 0 Å². The van der Waals surface area contributed by atoms with Crippen LogP contribution in [-0.2, 0) is 10.0 Å². The first-order chi connectivity index (χ1) is 12.4. The normalized spacial score (nSPS) is 19.0. The molecule has 2 N–H and O–H groups in total. The van der Waals surface area contributed by atoms with E-state index in [4.69, 9.17) is 5.14 Å². The zero-order chi connectivity index (χ0) is 18.3. The minimum Gasteiger partial charge on any atom is -0.335 e. The number of hydrogen-bond donors (Lipinski definition) is 1. The Hall–Kier alpha value is -2.03. The molecule has 0 spiro atoms. The molecular formula is C18H22N4O3S. The summed E-state index contributed by atoms with van der Waals surface area (Å²) in [5, 5.41) is 6.25. The van der Waals surface area contributed by atoms with Crippen LogP contribution in [0.1, 0.15) is 23.3 Å². The zero-order valence-electron chi connectivity index (χ0n) is 14.5. The first kappa shape index (κ1) is 17.4. The van der Waals surface area contributed by atoms with Gasteiger partial charge in [0.25, 0.3) is 5.91 Å². The Bertz CT molecular complexity index is 948. The topological polar surface area (TPSA) is 96.6 Å². The van der Waals surface area contributed by atoms with Crippen LogP contribution in [0, 0.1) is 5.92 Å². The summed E-state index contributed by atoms with van der Waals surface area (Å²) in [5.41, 5.74) is 0.281. The molecule has 1 aliphatic carbocycles. The quantitative estimate of drug-likeness (QED) is 0.863. The number of carbonyl (C=O) groups is 1. The highest BCUT2D eigenvalue weighted by Crippen LogP contribution is 2.30. The maximum absolute atomic E-state index is 13.0. The second kappa shape index (κ2) is 6.61. The highest BCUT2D eigenvalue weighted by atomic mass is 32.2. The Morgan fingerprint density at radius 3 is 2.50 bits per heavy atom. The van der Waals surface area contributed by atoms with E-state index in [-0.39, 0.29) is 16.5 Å². The van der Waals surface area contributed by atoms with Crippen LogP contribution in [0.3, 0.4) is 0 Å². The number of hydrogen-bond acceptors (Lipinski definition) is 5. The van der Waals surface area contributed by atoms with E-state index < -0.39 is 10.0 Å². The zero-order valence-corrected chi connectivity index (χ0v) is 15.3. The molecule has 1 saturated carbocycles. The van der Waals surface area contributed by atoms with Gasteiger partial charge in [-0.05, 0) is 30.9 Å². The molecule has 26 heavy (non-hydrogen) atoms. The summed E-state index contributed by atoms with van der Waals surface area (Å²) in [4.78, 5) is 21.5. The van der Waals surface area contributed by atoms with Gasteiger partial charge in [0.2, 0.25) is 10.0 Å². The molecule has 1 saturated heterocycles. The van der Waals surface area contributed by atoms with Gasteiger partial charge in [0.15, 0.2) is 0 Å². The monoisotopic (exact) mass is 374 g/mol. The number of nitrogens with zero attached hydrogens (tertiary/aromatic N) is 3. The maximum atomic E-state index is 13.0. The number of fused-ring (bicyclic) bond motifs is 1. The van der Waals surface area contributed by atoms with Gasteiger partial charge in [-0.1, -0.05) is 12.1 Å². The highest BCUT2D eigenvalue weighted by molar-refractivity contribution is 7.89. The van der Waals surface area contributed by atoms with Crippen LogP contribution < -0.4 is 5.14 Å². The molecule has 138 valence electrons. The number of carbonyl (C=O) groups excluding carboxylic acids is 1. The van der Waals surface area contributed by atoms with Crippen molar-refractivity contribution in [2.75, 3.05) is 32.7 Å². The van der Waals surface area contributed by atoms with E-state index in [1.807, 2.05) is 0 Å². The third-order valence-electron chi connectivity index (χ3n) is 5.15. The Morgan fingerprint density at radius 2 is 1.85 bits per heavy atom. The van der Waals surface area contributed by atoms with Gasteiger partial charge in [0.05, 0.1) is 4.90 Å². The summed E-state index contributed by atoms with van der Waals surface area (Å²) in [6, 6.07) is 6.34. The van der Waals surface area contributed by atoms with E-state index in [9.17, 15) is 13.2 Å². The number of piperazine rings is 1. The summed E-state index contributed by atoms with van der Waals surface area (Å²) < 4.78 is 23.6. The molecule has 1 aliphatic heterocycles. The lowest BCUT2D eigenvalue weighted by molar-refractivity contribution is 0.0628. The van der Waals surface area contributed by atoms with E-state index in [0.717, 1.165) is 25.6 Å². The molecule has 8 heteroatoms. The summed E-state index contributed by atoms with van der Waals surface area (Å²) in [6.07, 6.45) is 4.12. The van der Waals surface area contributed by atoms with Crippen molar-refractivity contribution in [1.29, 1.82) is 0 Å². The molecule has 2 aliphatic rings. The standard InChI is InChI=1S/C18H22N4O3S/c19-26(24,25)16-3-1-2-15-14(16)6-7-20-17(15)18(23)22-10-8-21(9-11-22)12-13-4-5-13/h1-3,6-7,13H,4-5,8-12H2,(H2,19,24,25). The molecular weight excluding hydrogens is 352 g/mol. The van der Waals surface area contributed by atoms with Gasteiger partial charge in [-0.2, -0.15) is 0 Å². The molecule has 1 aromatic carbocycles. The van der Waals surface area contributed by atoms with Crippen molar-refractivity contribution in [2.45, 2.75) is 17.7 Å². The van der Waals surface area contributed by atoms with Gasteiger partial charge < -0.3 is 4.90 Å². The number of nitrogens with two attached hydrogens (primary N) is 1. The summed E-state index contributed by atoms with van der Waals surface area (Å²) in [7, 11) is -3.87. The van der Waals surface area contributed by atoms with E-state index >= 15 is 0 Å². The third-order valence-corrected chi connectivity index (χ3v) is 6.12. The second-order valence-corrected chi connectivity index (χ2v) is 8.62. The lowest BCUT2D eigenvalue weighted by Crippen LogP contribution is -2.49. The number of rotatable bonds is 4. The van der Waals surface area contributed by atoms with Crippen LogP contribution in [0.5, 0.6) is 0 Å². The van der Waals surface area contributed by atoms with Crippen LogP contribution in [0.4, 0.5) is 0 Å². The average molecular weight is 374 g/mol. The Labute approximate surface area is 152 Å². The molecule has 1 amide bonds. The van der Waals surface area contributed by atoms with Crippen LogP contribution in [0.25, 0.3) is 10.8 Å². The SMILES string of the molecule is NS(=O)(=O)c1cccc2c(C(=O)N3CCN(CC4CC4)CC3)nccc12. The fourth-order valence-corrected chi connectivity index (χ4v) is 4.30. The van der Waals surface area contributed by atoms with Gasteiger partial charge in [-0.15, -0.1) is 0 Å². The van der Waals surface area contributed by atoms with Crippen LogP contribution in [-0.4, -0.2) is 61.8 Å². The molecule has 2 fully saturated rings. The van der Waals surface area contributed by atoms with Gasteiger partial charge in [-0.3, -0.25) is 14.7 Å². The number of benzene rings is 1. The fraction of sp³-hybridized carbons (Fsp3) is 0.444. The summed E-state index contributed by atoms with van der Waals surface area (Å²) in [5.74, 6) is 0.682. The molecule has 4 rings (SSSR count). The molecule has 0 radical (unpaired) electrons. The lowest BCUT2D eigenvalue weighted by Gasteiger charge is -2.34. The first-order valence-electron chi connectivity index (χ1n) is 8.85. The van der Waals surface area contributed by atoms with Gasteiger partial charge in [0.1, 0.15) is 5.69 Å². The summed E-state index contributed by atoms with van der Waals surface area (Å²) >= 11 is 0.